The van der Waals surface area contributed by atoms with Crippen LogP contribution in [0.25, 0.3) is 0 Å². The molecule has 1 N–H and O–H groups in total. The largest absolute Gasteiger partial charge is 0.374 e. The highest BCUT2D eigenvalue weighted by atomic mass is 32.1. The standard InChI is InChI=1S/C11H18N2OS/c1-13(9-11-3-2-6-15-11)8-10-7-12-4-5-14-10/h2-3,6,10,12H,4-5,7-9H2,1H3. The highest BCUT2D eigenvalue weighted by molar-refractivity contribution is 7.09. The van der Waals surface area contributed by atoms with Gasteiger partial charge >= 0.3 is 0 Å². The van der Waals surface area contributed by atoms with E-state index < -0.39 is 0 Å². The summed E-state index contributed by atoms with van der Waals surface area (Å²) in [5.41, 5.74) is 0. The zero-order chi connectivity index (χ0) is 10.5. The van der Waals surface area contributed by atoms with E-state index in [-0.39, 0.29) is 0 Å². The van der Waals surface area contributed by atoms with Crippen molar-refractivity contribution in [3.63, 3.8) is 0 Å². The monoisotopic (exact) mass is 226 g/mol. The molecule has 2 heterocycles. The molecule has 84 valence electrons. The maximum atomic E-state index is 5.67. The zero-order valence-electron chi connectivity index (χ0n) is 9.11. The Morgan fingerprint density at radius 1 is 1.67 bits per heavy atom. The minimum Gasteiger partial charge on any atom is -0.374 e. The Balaban J connectivity index is 1.74. The van der Waals surface area contributed by atoms with E-state index in [0.717, 1.165) is 32.8 Å². The predicted molar refractivity (Wildman–Crippen MR) is 63.3 cm³/mol. The van der Waals surface area contributed by atoms with E-state index in [1.807, 2.05) is 11.3 Å². The van der Waals surface area contributed by atoms with Gasteiger partial charge < -0.3 is 10.1 Å². The molecule has 0 aliphatic carbocycles. The van der Waals surface area contributed by atoms with Crippen molar-refractivity contribution in [1.29, 1.82) is 0 Å². The lowest BCUT2D eigenvalue weighted by Gasteiger charge is -2.27. The summed E-state index contributed by atoms with van der Waals surface area (Å²) in [6.45, 7) is 4.85. The van der Waals surface area contributed by atoms with E-state index in [9.17, 15) is 0 Å². The van der Waals surface area contributed by atoms with Crippen LogP contribution < -0.4 is 5.32 Å². The molecular formula is C11H18N2OS. The molecule has 3 nitrogen and oxygen atoms in total. The molecule has 0 saturated carbocycles. The Kier molecular flexibility index (Phi) is 4.14. The van der Waals surface area contributed by atoms with Crippen molar-refractivity contribution in [2.24, 2.45) is 0 Å². The minimum atomic E-state index is 0.351. The first-order valence-electron chi connectivity index (χ1n) is 5.38. The number of thiophene rings is 1. The topological polar surface area (TPSA) is 24.5 Å². The van der Waals surface area contributed by atoms with Crippen molar-refractivity contribution in [2.75, 3.05) is 33.3 Å². The fraction of sp³-hybridized carbons (Fsp3) is 0.636. The molecule has 0 spiro atoms. The molecular weight excluding hydrogens is 208 g/mol. The average molecular weight is 226 g/mol. The fourth-order valence-electron chi connectivity index (χ4n) is 1.82. The molecule has 1 aliphatic rings. The SMILES string of the molecule is CN(Cc1cccs1)CC1CNCCO1. The number of ether oxygens (including phenoxy) is 1. The second kappa shape index (κ2) is 5.61. The van der Waals surface area contributed by atoms with Gasteiger partial charge in [-0.3, -0.25) is 4.90 Å². The number of nitrogens with zero attached hydrogens (tertiary/aromatic N) is 1. The molecule has 2 rings (SSSR count). The van der Waals surface area contributed by atoms with E-state index in [1.165, 1.54) is 4.88 Å². The summed E-state index contributed by atoms with van der Waals surface area (Å²) in [7, 11) is 2.15. The van der Waals surface area contributed by atoms with Crippen molar-refractivity contribution in [1.82, 2.24) is 10.2 Å². The van der Waals surface area contributed by atoms with E-state index >= 15 is 0 Å². The van der Waals surface area contributed by atoms with Gasteiger partial charge in [0.25, 0.3) is 0 Å². The first-order chi connectivity index (χ1) is 7.34. The van der Waals surface area contributed by atoms with Crippen LogP contribution in [-0.2, 0) is 11.3 Å². The molecule has 4 heteroatoms. The lowest BCUT2D eigenvalue weighted by Crippen LogP contribution is -2.44. The van der Waals surface area contributed by atoms with Gasteiger partial charge in [0.2, 0.25) is 0 Å². The van der Waals surface area contributed by atoms with Crippen LogP contribution in [0.1, 0.15) is 4.88 Å². The van der Waals surface area contributed by atoms with Gasteiger partial charge in [0.1, 0.15) is 0 Å². The Morgan fingerprint density at radius 2 is 2.60 bits per heavy atom. The van der Waals surface area contributed by atoms with Crippen LogP contribution in [-0.4, -0.2) is 44.3 Å². The van der Waals surface area contributed by atoms with Gasteiger partial charge in [-0.1, -0.05) is 6.07 Å². The number of likely N-dealkylation sites (N-methyl/N-ethyl adjacent to an activating group) is 1. The van der Waals surface area contributed by atoms with E-state index in [2.05, 4.69) is 34.8 Å². The smallest absolute Gasteiger partial charge is 0.0826 e. The lowest BCUT2D eigenvalue weighted by molar-refractivity contribution is 0.00899. The van der Waals surface area contributed by atoms with E-state index in [1.54, 1.807) is 0 Å². The van der Waals surface area contributed by atoms with Gasteiger partial charge in [-0.05, 0) is 18.5 Å². The summed E-state index contributed by atoms with van der Waals surface area (Å²) in [6, 6.07) is 4.29. The van der Waals surface area contributed by atoms with Gasteiger partial charge in [0, 0.05) is 31.1 Å². The first kappa shape index (κ1) is 11.1. The maximum absolute atomic E-state index is 5.67. The summed E-state index contributed by atoms with van der Waals surface area (Å²) in [5, 5.41) is 5.48. The number of hydrogen-bond acceptors (Lipinski definition) is 4. The number of hydrogen-bond donors (Lipinski definition) is 1. The molecule has 1 unspecified atom stereocenters. The van der Waals surface area contributed by atoms with Gasteiger partial charge in [-0.15, -0.1) is 11.3 Å². The van der Waals surface area contributed by atoms with Crippen LogP contribution in [0, 0.1) is 0 Å². The Hall–Kier alpha value is -0.420. The van der Waals surface area contributed by atoms with Crippen LogP contribution in [0.4, 0.5) is 0 Å². The van der Waals surface area contributed by atoms with Crippen LogP contribution >= 0.6 is 11.3 Å². The molecule has 1 fully saturated rings. The quantitative estimate of drug-likeness (QED) is 0.834. The van der Waals surface area contributed by atoms with E-state index in [4.69, 9.17) is 4.74 Å². The fourth-order valence-corrected chi connectivity index (χ4v) is 2.60. The minimum absolute atomic E-state index is 0.351. The molecule has 1 aliphatic heterocycles. The molecule has 0 aromatic carbocycles. The molecule has 1 saturated heterocycles. The summed E-state index contributed by atoms with van der Waals surface area (Å²) in [4.78, 5) is 3.74. The molecule has 0 radical (unpaired) electrons. The van der Waals surface area contributed by atoms with Gasteiger partial charge in [-0.2, -0.15) is 0 Å². The number of rotatable bonds is 4. The first-order valence-corrected chi connectivity index (χ1v) is 6.26. The van der Waals surface area contributed by atoms with E-state index in [0.29, 0.717) is 6.10 Å². The second-order valence-corrected chi connectivity index (χ2v) is 5.01. The Bertz CT molecular complexity index is 270. The van der Waals surface area contributed by atoms with Crippen molar-refractivity contribution < 1.29 is 4.74 Å². The Labute approximate surface area is 95.0 Å². The van der Waals surface area contributed by atoms with Crippen molar-refractivity contribution in [3.05, 3.63) is 22.4 Å². The summed E-state index contributed by atoms with van der Waals surface area (Å²) in [6.07, 6.45) is 0.351. The normalized spacial score (nSPS) is 22.1. The van der Waals surface area contributed by atoms with Crippen LogP contribution in [0.15, 0.2) is 17.5 Å². The maximum Gasteiger partial charge on any atom is 0.0826 e. The highest BCUT2D eigenvalue weighted by Crippen LogP contribution is 2.11. The average Bonchev–Trinajstić information content (AvgIpc) is 2.71. The molecule has 1 aromatic rings. The molecule has 1 atom stereocenters. The Morgan fingerprint density at radius 3 is 3.27 bits per heavy atom. The van der Waals surface area contributed by atoms with Crippen molar-refractivity contribution in [2.45, 2.75) is 12.6 Å². The second-order valence-electron chi connectivity index (χ2n) is 3.97. The molecule has 0 amide bonds. The summed E-state index contributed by atoms with van der Waals surface area (Å²) < 4.78 is 5.67. The summed E-state index contributed by atoms with van der Waals surface area (Å²) >= 11 is 1.82. The molecule has 15 heavy (non-hydrogen) atoms. The predicted octanol–water partition coefficient (Wildman–Crippen LogP) is 1.17. The van der Waals surface area contributed by atoms with Crippen LogP contribution in [0.2, 0.25) is 0 Å². The molecule has 0 bridgehead atoms. The lowest BCUT2D eigenvalue weighted by atomic mass is 10.3. The van der Waals surface area contributed by atoms with Gasteiger partial charge in [0.05, 0.1) is 12.7 Å². The molecule has 1 aromatic heterocycles. The zero-order valence-corrected chi connectivity index (χ0v) is 9.93. The summed E-state index contributed by atoms with van der Waals surface area (Å²) in [5.74, 6) is 0. The third kappa shape index (κ3) is 3.57. The van der Waals surface area contributed by atoms with Crippen LogP contribution in [0.3, 0.4) is 0 Å². The van der Waals surface area contributed by atoms with Crippen molar-refractivity contribution >= 4 is 11.3 Å². The van der Waals surface area contributed by atoms with Crippen LogP contribution in [0.5, 0.6) is 0 Å². The number of morpholine rings is 1. The van der Waals surface area contributed by atoms with Gasteiger partial charge in [0.15, 0.2) is 0 Å². The third-order valence-corrected chi connectivity index (χ3v) is 3.39. The number of nitrogens with one attached hydrogen (secondary N) is 1. The van der Waals surface area contributed by atoms with Gasteiger partial charge in [-0.25, -0.2) is 0 Å². The highest BCUT2D eigenvalue weighted by Gasteiger charge is 2.15. The van der Waals surface area contributed by atoms with Crippen molar-refractivity contribution in [3.8, 4) is 0 Å². The third-order valence-electron chi connectivity index (χ3n) is 2.53.